The van der Waals surface area contributed by atoms with Gasteiger partial charge in [0, 0.05) is 12.7 Å². The van der Waals surface area contributed by atoms with Crippen molar-refractivity contribution in [2.75, 3.05) is 32.6 Å². The molecule has 1 heterocycles. The van der Waals surface area contributed by atoms with Crippen LogP contribution in [0.1, 0.15) is 23.2 Å². The molecule has 0 radical (unpaired) electrons. The molecule has 0 atom stereocenters. The van der Waals surface area contributed by atoms with Crippen molar-refractivity contribution >= 4 is 23.4 Å². The van der Waals surface area contributed by atoms with E-state index >= 15 is 0 Å². The van der Waals surface area contributed by atoms with Gasteiger partial charge >= 0.3 is 5.97 Å². The summed E-state index contributed by atoms with van der Waals surface area (Å²) in [5, 5.41) is 6.61. The Morgan fingerprint density at radius 2 is 2.17 bits per heavy atom. The summed E-state index contributed by atoms with van der Waals surface area (Å²) >= 11 is 5.81. The first-order valence-corrected chi connectivity index (χ1v) is 6.19. The van der Waals surface area contributed by atoms with E-state index in [1.165, 1.54) is 13.3 Å². The van der Waals surface area contributed by atoms with Crippen LogP contribution in [0, 0.1) is 0 Å². The SMILES string of the molecule is CNCCCCNc1ncc(Cl)cc1C(=O)OC. The molecule has 0 fully saturated rings. The van der Waals surface area contributed by atoms with Gasteiger partial charge in [-0.25, -0.2) is 9.78 Å². The molecule has 0 bridgehead atoms. The predicted molar refractivity (Wildman–Crippen MR) is 72.2 cm³/mol. The largest absolute Gasteiger partial charge is 0.465 e. The molecule has 0 unspecified atom stereocenters. The number of esters is 1. The lowest BCUT2D eigenvalue weighted by molar-refractivity contribution is 0.0601. The van der Waals surface area contributed by atoms with E-state index in [2.05, 4.69) is 20.4 Å². The number of ether oxygens (including phenoxy) is 1. The van der Waals surface area contributed by atoms with Gasteiger partial charge < -0.3 is 15.4 Å². The van der Waals surface area contributed by atoms with Gasteiger partial charge in [-0.15, -0.1) is 0 Å². The van der Waals surface area contributed by atoms with Crippen molar-refractivity contribution < 1.29 is 9.53 Å². The molecule has 1 rings (SSSR count). The maximum atomic E-state index is 11.6. The third-order valence-corrected chi connectivity index (χ3v) is 2.61. The van der Waals surface area contributed by atoms with Gasteiger partial charge in [-0.1, -0.05) is 11.6 Å². The Hall–Kier alpha value is -1.33. The molecule has 2 N–H and O–H groups in total. The number of nitrogens with zero attached hydrogens (tertiary/aromatic N) is 1. The number of methoxy groups -OCH3 is 1. The van der Waals surface area contributed by atoms with Crippen molar-refractivity contribution in [2.45, 2.75) is 12.8 Å². The summed E-state index contributed by atoms with van der Waals surface area (Å²) in [6.07, 6.45) is 3.56. The molecule has 100 valence electrons. The Morgan fingerprint density at radius 1 is 1.44 bits per heavy atom. The molecule has 0 aromatic carbocycles. The van der Waals surface area contributed by atoms with Gasteiger partial charge in [0.15, 0.2) is 0 Å². The molecule has 0 saturated carbocycles. The average Bonchev–Trinajstić information content (AvgIpc) is 2.39. The van der Waals surface area contributed by atoms with Gasteiger partial charge in [0.25, 0.3) is 0 Å². The summed E-state index contributed by atoms with van der Waals surface area (Å²) in [4.78, 5) is 15.7. The first kappa shape index (κ1) is 14.7. The standard InChI is InChI=1S/C12H18ClN3O2/c1-14-5-3-4-6-15-11-10(12(17)18-2)7-9(13)8-16-11/h7-8,14H,3-6H2,1-2H3,(H,15,16). The molecule has 0 aliphatic rings. The molecule has 0 aliphatic heterocycles. The lowest BCUT2D eigenvalue weighted by Gasteiger charge is -2.09. The molecule has 1 aromatic rings. The zero-order chi connectivity index (χ0) is 13.4. The molecule has 18 heavy (non-hydrogen) atoms. The highest BCUT2D eigenvalue weighted by Crippen LogP contribution is 2.18. The Morgan fingerprint density at radius 3 is 2.83 bits per heavy atom. The number of anilines is 1. The lowest BCUT2D eigenvalue weighted by atomic mass is 10.2. The second kappa shape index (κ2) is 7.89. The number of rotatable bonds is 7. The third-order valence-electron chi connectivity index (χ3n) is 2.41. The number of hydrogen-bond acceptors (Lipinski definition) is 5. The molecule has 6 heteroatoms. The van der Waals surface area contributed by atoms with Crippen LogP contribution in [0.2, 0.25) is 5.02 Å². The van der Waals surface area contributed by atoms with Crippen LogP contribution in [0.3, 0.4) is 0 Å². The minimum Gasteiger partial charge on any atom is -0.465 e. The summed E-state index contributed by atoms with van der Waals surface area (Å²) in [5.41, 5.74) is 0.360. The molecule has 1 aromatic heterocycles. The summed E-state index contributed by atoms with van der Waals surface area (Å²) in [6.45, 7) is 1.72. The van der Waals surface area contributed by atoms with Crippen LogP contribution in [0.15, 0.2) is 12.3 Å². The van der Waals surface area contributed by atoms with Crippen LogP contribution < -0.4 is 10.6 Å². The number of unbranched alkanes of at least 4 members (excludes halogenated alkanes) is 1. The molecule has 0 spiro atoms. The minimum absolute atomic E-state index is 0.360. The highest BCUT2D eigenvalue weighted by molar-refractivity contribution is 6.30. The van der Waals surface area contributed by atoms with E-state index in [9.17, 15) is 4.79 Å². The van der Waals surface area contributed by atoms with Gasteiger partial charge in [-0.05, 0) is 32.5 Å². The number of carbonyl (C=O) groups is 1. The molecule has 0 amide bonds. The number of halogens is 1. The van der Waals surface area contributed by atoms with E-state index in [0.29, 0.717) is 16.4 Å². The van der Waals surface area contributed by atoms with Crippen LogP contribution in [-0.4, -0.2) is 38.2 Å². The van der Waals surface area contributed by atoms with Gasteiger partial charge in [0.1, 0.15) is 11.4 Å². The van der Waals surface area contributed by atoms with Crippen molar-refractivity contribution in [3.8, 4) is 0 Å². The highest BCUT2D eigenvalue weighted by atomic mass is 35.5. The van der Waals surface area contributed by atoms with Crippen molar-refractivity contribution in [1.82, 2.24) is 10.3 Å². The van der Waals surface area contributed by atoms with Crippen LogP contribution >= 0.6 is 11.6 Å². The van der Waals surface area contributed by atoms with E-state index < -0.39 is 5.97 Å². The molecule has 5 nitrogen and oxygen atoms in total. The second-order valence-electron chi connectivity index (χ2n) is 3.78. The number of hydrogen-bond donors (Lipinski definition) is 2. The van der Waals surface area contributed by atoms with Crippen molar-refractivity contribution in [1.29, 1.82) is 0 Å². The molecule has 0 aliphatic carbocycles. The lowest BCUT2D eigenvalue weighted by Crippen LogP contribution is -2.13. The zero-order valence-corrected chi connectivity index (χ0v) is 11.4. The van der Waals surface area contributed by atoms with Gasteiger partial charge in [-0.3, -0.25) is 0 Å². The zero-order valence-electron chi connectivity index (χ0n) is 10.6. The van der Waals surface area contributed by atoms with Crippen molar-refractivity contribution in [3.05, 3.63) is 22.8 Å². The second-order valence-corrected chi connectivity index (χ2v) is 4.22. The van der Waals surface area contributed by atoms with Gasteiger partial charge in [0.2, 0.25) is 0 Å². The first-order chi connectivity index (χ1) is 8.69. The Balaban J connectivity index is 2.61. The van der Waals surface area contributed by atoms with E-state index in [0.717, 1.165) is 25.9 Å². The number of pyridine rings is 1. The Bertz CT molecular complexity index is 399. The summed E-state index contributed by atoms with van der Waals surface area (Å²) < 4.78 is 4.69. The Labute approximate surface area is 112 Å². The summed E-state index contributed by atoms with van der Waals surface area (Å²) in [6, 6.07) is 1.55. The van der Waals surface area contributed by atoms with Crippen LogP contribution in [0.5, 0.6) is 0 Å². The predicted octanol–water partition coefficient (Wildman–Crippen LogP) is 1.93. The fourth-order valence-corrected chi connectivity index (χ4v) is 1.64. The van der Waals surface area contributed by atoms with Crippen molar-refractivity contribution in [3.63, 3.8) is 0 Å². The van der Waals surface area contributed by atoms with Crippen LogP contribution in [0.25, 0.3) is 0 Å². The Kier molecular flexibility index (Phi) is 6.46. The monoisotopic (exact) mass is 271 g/mol. The molecular formula is C12H18ClN3O2. The normalized spacial score (nSPS) is 10.2. The van der Waals surface area contributed by atoms with Crippen molar-refractivity contribution in [2.24, 2.45) is 0 Å². The molecular weight excluding hydrogens is 254 g/mol. The molecule has 0 saturated heterocycles. The van der Waals surface area contributed by atoms with Crippen LogP contribution in [0.4, 0.5) is 5.82 Å². The van der Waals surface area contributed by atoms with Gasteiger partial charge in [0.05, 0.1) is 12.1 Å². The number of carbonyl (C=O) groups excluding carboxylic acids is 1. The smallest absolute Gasteiger partial charge is 0.341 e. The fourth-order valence-electron chi connectivity index (χ4n) is 1.48. The van der Waals surface area contributed by atoms with E-state index in [1.807, 2.05) is 7.05 Å². The first-order valence-electron chi connectivity index (χ1n) is 5.81. The summed E-state index contributed by atoms with van der Waals surface area (Å²) in [7, 11) is 3.25. The van der Waals surface area contributed by atoms with Gasteiger partial charge in [-0.2, -0.15) is 0 Å². The van der Waals surface area contributed by atoms with E-state index in [-0.39, 0.29) is 0 Å². The van der Waals surface area contributed by atoms with E-state index in [4.69, 9.17) is 11.6 Å². The average molecular weight is 272 g/mol. The minimum atomic E-state index is -0.442. The topological polar surface area (TPSA) is 63.2 Å². The maximum absolute atomic E-state index is 11.6. The summed E-state index contributed by atoms with van der Waals surface area (Å²) in [5.74, 6) is 0.0680. The highest BCUT2D eigenvalue weighted by Gasteiger charge is 2.13. The van der Waals surface area contributed by atoms with Crippen LogP contribution in [-0.2, 0) is 4.74 Å². The quantitative estimate of drug-likeness (QED) is 0.586. The number of nitrogens with one attached hydrogen (secondary N) is 2. The van der Waals surface area contributed by atoms with E-state index in [1.54, 1.807) is 6.07 Å². The maximum Gasteiger partial charge on any atom is 0.341 e. The third kappa shape index (κ3) is 4.50. The number of aromatic nitrogens is 1. The fraction of sp³-hybridized carbons (Fsp3) is 0.500.